The summed E-state index contributed by atoms with van der Waals surface area (Å²) in [5.41, 5.74) is 5.06. The number of carbonyl (C=O) groups excluding carboxylic acids is 1. The third kappa shape index (κ3) is 7.12. The first-order chi connectivity index (χ1) is 15.0. The third-order valence-corrected chi connectivity index (χ3v) is 5.63. The van der Waals surface area contributed by atoms with Crippen molar-refractivity contribution in [1.29, 1.82) is 0 Å². The van der Waals surface area contributed by atoms with Gasteiger partial charge < -0.3 is 15.5 Å². The van der Waals surface area contributed by atoms with Gasteiger partial charge in [0.15, 0.2) is 0 Å². The van der Waals surface area contributed by atoms with Gasteiger partial charge in [-0.15, -0.1) is 0 Å². The molecule has 32 heavy (non-hydrogen) atoms. The molecule has 0 spiro atoms. The number of carbonyl (C=O) groups is 2. The molecular weight excluding hydrogens is 402 g/mol. The van der Waals surface area contributed by atoms with Crippen molar-refractivity contribution in [3.63, 3.8) is 0 Å². The predicted molar refractivity (Wildman–Crippen MR) is 130 cm³/mol. The Labute approximate surface area is 190 Å². The van der Waals surface area contributed by atoms with E-state index in [1.807, 2.05) is 25.2 Å². The Hall–Kier alpha value is -3.34. The Balaban J connectivity index is 1.99. The van der Waals surface area contributed by atoms with Crippen LogP contribution in [0.3, 0.4) is 0 Å². The number of benzene rings is 1. The van der Waals surface area contributed by atoms with Crippen molar-refractivity contribution in [1.82, 2.24) is 0 Å². The molecule has 1 amide bonds. The molecule has 0 saturated heterocycles. The van der Waals surface area contributed by atoms with Gasteiger partial charge in [0.2, 0.25) is 5.91 Å². The minimum atomic E-state index is -1.15. The molecule has 170 valence electrons. The van der Waals surface area contributed by atoms with Gasteiger partial charge in [0.25, 0.3) is 0 Å². The van der Waals surface area contributed by atoms with Crippen LogP contribution >= 0.6 is 0 Å². The van der Waals surface area contributed by atoms with Crippen LogP contribution in [0.5, 0.6) is 5.75 Å². The van der Waals surface area contributed by atoms with Crippen molar-refractivity contribution in [3.05, 3.63) is 82.5 Å². The molecule has 0 fully saturated rings. The highest BCUT2D eigenvalue weighted by molar-refractivity contribution is 6.01. The second kappa shape index (κ2) is 10.8. The number of hydrogen-bond acceptors (Lipinski definition) is 3. The maximum absolute atomic E-state index is 12.2. The van der Waals surface area contributed by atoms with E-state index in [2.05, 4.69) is 38.2 Å². The van der Waals surface area contributed by atoms with E-state index in [0.29, 0.717) is 0 Å². The van der Waals surface area contributed by atoms with Crippen molar-refractivity contribution in [2.75, 3.05) is 5.32 Å². The summed E-state index contributed by atoms with van der Waals surface area (Å²) in [7, 11) is 0. The van der Waals surface area contributed by atoms with Crippen molar-refractivity contribution in [2.24, 2.45) is 5.41 Å². The van der Waals surface area contributed by atoms with Gasteiger partial charge in [-0.3, -0.25) is 4.79 Å². The van der Waals surface area contributed by atoms with E-state index >= 15 is 0 Å². The van der Waals surface area contributed by atoms with Crippen molar-refractivity contribution < 1.29 is 19.8 Å². The lowest BCUT2D eigenvalue weighted by atomic mass is 9.72. The largest absolute Gasteiger partial charge is 0.506 e. The standard InChI is InChI=1S/C27H33NO4/c1-18(11-13-22-20(3)10-7-15-27(22,4)5)8-6-9-19(2)16-25(30)28-23-14-12-21(26(31)32)17-24(23)29/h6,8-9,11-14,16-17,29H,7,10,15H2,1-5H3,(H,28,30)(H,31,32). The van der Waals surface area contributed by atoms with Crippen LogP contribution < -0.4 is 5.32 Å². The summed E-state index contributed by atoms with van der Waals surface area (Å²) in [6.07, 6.45) is 15.1. The number of carboxylic acid groups (broad SMARTS) is 1. The topological polar surface area (TPSA) is 86.6 Å². The predicted octanol–water partition coefficient (Wildman–Crippen LogP) is 6.56. The zero-order chi connectivity index (χ0) is 23.9. The van der Waals surface area contributed by atoms with Crippen LogP contribution in [0, 0.1) is 5.41 Å². The van der Waals surface area contributed by atoms with E-state index in [-0.39, 0.29) is 22.4 Å². The lowest BCUT2D eigenvalue weighted by Crippen LogP contribution is -2.19. The number of phenols is 1. The normalized spacial score (nSPS) is 17.3. The molecular formula is C27H33NO4. The van der Waals surface area contributed by atoms with E-state index in [1.165, 1.54) is 48.6 Å². The fourth-order valence-electron chi connectivity index (χ4n) is 3.83. The molecule has 0 heterocycles. The minimum Gasteiger partial charge on any atom is -0.506 e. The molecule has 5 heteroatoms. The van der Waals surface area contributed by atoms with Crippen molar-refractivity contribution in [2.45, 2.75) is 53.9 Å². The molecule has 0 unspecified atom stereocenters. The van der Waals surface area contributed by atoms with E-state index in [0.717, 1.165) is 17.2 Å². The van der Waals surface area contributed by atoms with E-state index in [1.54, 1.807) is 6.92 Å². The van der Waals surface area contributed by atoms with Crippen LogP contribution in [0.25, 0.3) is 0 Å². The Kier molecular flexibility index (Phi) is 8.41. The molecule has 1 aliphatic rings. The summed E-state index contributed by atoms with van der Waals surface area (Å²) in [6.45, 7) is 10.7. The van der Waals surface area contributed by atoms with Gasteiger partial charge in [-0.25, -0.2) is 4.79 Å². The molecule has 0 aromatic heterocycles. The number of aromatic carboxylic acids is 1. The van der Waals surface area contributed by atoms with Gasteiger partial charge in [0.05, 0.1) is 11.3 Å². The van der Waals surface area contributed by atoms with Crippen LogP contribution in [-0.2, 0) is 4.79 Å². The summed E-state index contributed by atoms with van der Waals surface area (Å²) in [5.74, 6) is -1.85. The van der Waals surface area contributed by atoms with Gasteiger partial charge in [-0.05, 0) is 74.8 Å². The first-order valence-corrected chi connectivity index (χ1v) is 10.8. The van der Waals surface area contributed by atoms with Gasteiger partial charge in [0.1, 0.15) is 5.75 Å². The second-order valence-electron chi connectivity index (χ2n) is 8.95. The summed E-state index contributed by atoms with van der Waals surface area (Å²) < 4.78 is 0. The monoisotopic (exact) mass is 435 g/mol. The molecule has 1 aromatic carbocycles. The van der Waals surface area contributed by atoms with E-state index < -0.39 is 11.9 Å². The molecule has 1 aliphatic carbocycles. The van der Waals surface area contributed by atoms with E-state index in [4.69, 9.17) is 5.11 Å². The molecule has 0 aliphatic heterocycles. The number of carboxylic acids is 1. The quantitative estimate of drug-likeness (QED) is 0.257. The SMILES string of the molecule is CC(C=CC1=C(C)CCCC1(C)C)=CC=CC(C)=CC(=O)Nc1ccc(C(=O)O)cc1O. The number of rotatable bonds is 7. The first kappa shape index (κ1) is 24.9. The number of nitrogens with one attached hydrogen (secondary N) is 1. The highest BCUT2D eigenvalue weighted by Gasteiger charge is 2.26. The fourth-order valence-corrected chi connectivity index (χ4v) is 3.83. The Morgan fingerprint density at radius 3 is 2.47 bits per heavy atom. The van der Waals surface area contributed by atoms with Crippen molar-refractivity contribution >= 4 is 17.6 Å². The number of aromatic hydroxyl groups is 1. The third-order valence-electron chi connectivity index (χ3n) is 5.63. The smallest absolute Gasteiger partial charge is 0.335 e. The van der Waals surface area contributed by atoms with Gasteiger partial charge >= 0.3 is 5.97 Å². The molecule has 0 atom stereocenters. The summed E-state index contributed by atoms with van der Waals surface area (Å²) >= 11 is 0. The molecule has 1 aromatic rings. The van der Waals surface area contributed by atoms with Crippen LogP contribution in [-0.4, -0.2) is 22.1 Å². The van der Waals surface area contributed by atoms with Gasteiger partial charge in [-0.2, -0.15) is 0 Å². The van der Waals surface area contributed by atoms with Crippen LogP contribution in [0.4, 0.5) is 5.69 Å². The van der Waals surface area contributed by atoms with Gasteiger partial charge in [0, 0.05) is 6.08 Å². The Bertz CT molecular complexity index is 1040. The Morgan fingerprint density at radius 2 is 1.84 bits per heavy atom. The maximum Gasteiger partial charge on any atom is 0.335 e. The summed E-state index contributed by atoms with van der Waals surface area (Å²) in [5, 5.41) is 21.4. The molecule has 3 N–H and O–H groups in total. The average molecular weight is 436 g/mol. The van der Waals surface area contributed by atoms with E-state index in [9.17, 15) is 14.7 Å². The molecule has 0 radical (unpaired) electrons. The number of allylic oxidation sites excluding steroid dienone is 9. The fraction of sp³-hybridized carbons (Fsp3) is 0.333. The zero-order valence-electron chi connectivity index (χ0n) is 19.5. The number of hydrogen-bond donors (Lipinski definition) is 3. The minimum absolute atomic E-state index is 0.0511. The summed E-state index contributed by atoms with van der Waals surface area (Å²) in [6, 6.07) is 3.78. The molecule has 2 rings (SSSR count). The number of phenolic OH excluding ortho intramolecular Hbond substituents is 1. The second-order valence-corrected chi connectivity index (χ2v) is 8.95. The summed E-state index contributed by atoms with van der Waals surface area (Å²) in [4.78, 5) is 23.1. The Morgan fingerprint density at radius 1 is 1.12 bits per heavy atom. The maximum atomic E-state index is 12.2. The zero-order valence-corrected chi connectivity index (χ0v) is 19.5. The van der Waals surface area contributed by atoms with Gasteiger partial charge in [-0.1, -0.05) is 55.4 Å². The highest BCUT2D eigenvalue weighted by Crippen LogP contribution is 2.40. The average Bonchev–Trinajstić information content (AvgIpc) is 2.68. The number of anilines is 1. The lowest BCUT2D eigenvalue weighted by molar-refractivity contribution is -0.112. The number of amides is 1. The molecule has 0 bridgehead atoms. The van der Waals surface area contributed by atoms with Crippen LogP contribution in [0.1, 0.15) is 64.2 Å². The lowest BCUT2D eigenvalue weighted by Gasteiger charge is -2.32. The highest BCUT2D eigenvalue weighted by atomic mass is 16.4. The molecule has 0 saturated carbocycles. The van der Waals surface area contributed by atoms with Crippen LogP contribution in [0.2, 0.25) is 0 Å². The molecule has 5 nitrogen and oxygen atoms in total. The van der Waals surface area contributed by atoms with Crippen LogP contribution in [0.15, 0.2) is 76.9 Å². The van der Waals surface area contributed by atoms with Crippen molar-refractivity contribution in [3.8, 4) is 5.75 Å². The first-order valence-electron chi connectivity index (χ1n) is 10.8.